The molecule has 46 heavy (non-hydrogen) atoms. The van der Waals surface area contributed by atoms with E-state index in [0.29, 0.717) is 41.8 Å². The Morgan fingerprint density at radius 3 is 2.13 bits per heavy atom. The van der Waals surface area contributed by atoms with Gasteiger partial charge >= 0.3 is 6.03 Å². The van der Waals surface area contributed by atoms with Gasteiger partial charge in [0.15, 0.2) is 23.0 Å². The molecule has 1 saturated heterocycles. The molecule has 4 aromatic rings. The van der Waals surface area contributed by atoms with Crippen LogP contribution in [0.5, 0.6) is 23.0 Å². The van der Waals surface area contributed by atoms with Gasteiger partial charge in [0.1, 0.15) is 18.8 Å². The maximum Gasteiger partial charge on any atom is 0.335 e. The lowest BCUT2D eigenvalue weighted by molar-refractivity contribution is -0.384. The van der Waals surface area contributed by atoms with Crippen molar-refractivity contribution in [2.24, 2.45) is 0 Å². The fourth-order valence-corrected chi connectivity index (χ4v) is 4.60. The van der Waals surface area contributed by atoms with Crippen LogP contribution >= 0.6 is 0 Å². The third-order valence-electron chi connectivity index (χ3n) is 6.86. The number of nitro benzene ring substituents is 1. The Labute approximate surface area is 263 Å². The average molecular weight is 624 g/mol. The number of rotatable bonds is 12. The average Bonchev–Trinajstić information content (AvgIpc) is 3.06. The molecule has 1 fully saturated rings. The van der Waals surface area contributed by atoms with Gasteiger partial charge in [-0.1, -0.05) is 42.5 Å². The number of benzene rings is 4. The highest BCUT2D eigenvalue weighted by Crippen LogP contribution is 2.33. The normalized spacial score (nSPS) is 13.7. The van der Waals surface area contributed by atoms with Crippen molar-refractivity contribution in [3.8, 4) is 23.0 Å². The first-order chi connectivity index (χ1) is 22.3. The summed E-state index contributed by atoms with van der Waals surface area (Å²) in [5.74, 6) is 0.185. The van der Waals surface area contributed by atoms with E-state index in [4.69, 9.17) is 18.9 Å². The van der Waals surface area contributed by atoms with Gasteiger partial charge in [0.2, 0.25) is 0 Å². The molecule has 0 aliphatic carbocycles. The van der Waals surface area contributed by atoms with Crippen molar-refractivity contribution in [2.45, 2.75) is 20.1 Å². The van der Waals surface area contributed by atoms with Gasteiger partial charge in [0.05, 0.1) is 24.3 Å². The van der Waals surface area contributed by atoms with Crippen LogP contribution in [0.25, 0.3) is 6.08 Å². The van der Waals surface area contributed by atoms with Crippen LogP contribution in [0.15, 0.2) is 96.6 Å². The SMILES string of the molecule is CCOc1cc(COc2ccc(/C=C3/C(=O)NC(=O)N(c4ccc([N+](=O)[O-])cc4)C3=O)cc2OC)ccc1OCc1ccccc1. The van der Waals surface area contributed by atoms with Crippen molar-refractivity contribution >= 4 is 35.3 Å². The Balaban J connectivity index is 1.30. The van der Waals surface area contributed by atoms with Crippen molar-refractivity contribution < 1.29 is 38.3 Å². The number of nitrogens with one attached hydrogen (secondary N) is 1. The van der Waals surface area contributed by atoms with Crippen molar-refractivity contribution in [3.63, 3.8) is 0 Å². The zero-order valence-corrected chi connectivity index (χ0v) is 24.9. The summed E-state index contributed by atoms with van der Waals surface area (Å²) in [7, 11) is 1.46. The Kier molecular flexibility index (Phi) is 9.57. The first kappa shape index (κ1) is 31.3. The van der Waals surface area contributed by atoms with Crippen LogP contribution < -0.4 is 29.2 Å². The second-order valence-electron chi connectivity index (χ2n) is 9.92. The summed E-state index contributed by atoms with van der Waals surface area (Å²) in [6.07, 6.45) is 1.32. The number of carbonyl (C=O) groups is 3. The minimum absolute atomic E-state index is 0.0658. The summed E-state index contributed by atoms with van der Waals surface area (Å²) in [6.45, 7) is 2.93. The number of hydrogen-bond acceptors (Lipinski definition) is 9. The van der Waals surface area contributed by atoms with E-state index >= 15 is 0 Å². The highest BCUT2D eigenvalue weighted by molar-refractivity contribution is 6.39. The van der Waals surface area contributed by atoms with E-state index < -0.39 is 22.8 Å². The van der Waals surface area contributed by atoms with Crippen molar-refractivity contribution in [3.05, 3.63) is 123 Å². The lowest BCUT2D eigenvalue weighted by atomic mass is 10.1. The van der Waals surface area contributed by atoms with Crippen LogP contribution in [0, 0.1) is 10.1 Å². The predicted molar refractivity (Wildman–Crippen MR) is 168 cm³/mol. The number of imide groups is 2. The van der Waals surface area contributed by atoms with Crippen LogP contribution in [0.1, 0.15) is 23.6 Å². The smallest absolute Gasteiger partial charge is 0.335 e. The summed E-state index contributed by atoms with van der Waals surface area (Å²) < 4.78 is 23.3. The van der Waals surface area contributed by atoms with E-state index in [1.807, 2.05) is 55.5 Å². The number of barbiturate groups is 1. The van der Waals surface area contributed by atoms with E-state index in [2.05, 4.69) is 5.32 Å². The van der Waals surface area contributed by atoms with Crippen molar-refractivity contribution in [1.29, 1.82) is 0 Å². The van der Waals surface area contributed by atoms with E-state index in [1.165, 1.54) is 25.3 Å². The van der Waals surface area contributed by atoms with Gasteiger partial charge in [-0.3, -0.25) is 25.0 Å². The number of nitrogens with zero attached hydrogens (tertiary/aromatic N) is 2. The molecule has 1 N–H and O–H groups in total. The summed E-state index contributed by atoms with van der Waals surface area (Å²) in [6, 6.07) is 24.1. The standard InChI is InChI=1S/C34H29N3O9/c1-3-44-31-19-24(10-16-29(31)45-20-22-7-5-4-6-8-22)21-46-28-15-9-23(18-30(28)43-2)17-27-32(38)35-34(40)36(33(27)39)25-11-13-26(14-12-25)37(41)42/h4-19H,3,20-21H2,1-2H3,(H,35,38,40)/b27-17-. The number of anilines is 1. The molecule has 234 valence electrons. The van der Waals surface area contributed by atoms with Gasteiger partial charge in [-0.25, -0.2) is 9.69 Å². The monoisotopic (exact) mass is 623 g/mol. The van der Waals surface area contributed by atoms with Gasteiger partial charge in [-0.05, 0) is 66.1 Å². The van der Waals surface area contributed by atoms with Gasteiger partial charge in [-0.2, -0.15) is 0 Å². The molecule has 4 amide bonds. The Hall–Kier alpha value is -6.17. The predicted octanol–water partition coefficient (Wildman–Crippen LogP) is 5.83. The molecule has 0 saturated carbocycles. The molecule has 0 unspecified atom stereocenters. The van der Waals surface area contributed by atoms with Crippen LogP contribution in [0.3, 0.4) is 0 Å². The van der Waals surface area contributed by atoms with Gasteiger partial charge in [-0.15, -0.1) is 0 Å². The molecule has 1 aliphatic rings. The fourth-order valence-electron chi connectivity index (χ4n) is 4.60. The molecule has 4 aromatic carbocycles. The second kappa shape index (κ2) is 14.1. The summed E-state index contributed by atoms with van der Waals surface area (Å²) in [5.41, 5.74) is 1.83. The van der Waals surface area contributed by atoms with Crippen molar-refractivity contribution in [2.75, 3.05) is 18.6 Å². The zero-order chi connectivity index (χ0) is 32.6. The number of methoxy groups -OCH3 is 1. The number of amides is 4. The van der Waals surface area contributed by atoms with E-state index in [-0.39, 0.29) is 23.6 Å². The molecule has 0 aromatic heterocycles. The van der Waals surface area contributed by atoms with E-state index in [9.17, 15) is 24.5 Å². The molecular formula is C34H29N3O9. The topological polar surface area (TPSA) is 147 Å². The van der Waals surface area contributed by atoms with Crippen LogP contribution in [-0.2, 0) is 22.8 Å². The van der Waals surface area contributed by atoms with Gasteiger partial charge < -0.3 is 18.9 Å². The molecule has 5 rings (SSSR count). The molecule has 0 spiro atoms. The van der Waals surface area contributed by atoms with Gasteiger partial charge in [0.25, 0.3) is 17.5 Å². The third-order valence-corrected chi connectivity index (χ3v) is 6.86. The molecule has 0 bridgehead atoms. The second-order valence-corrected chi connectivity index (χ2v) is 9.92. The van der Waals surface area contributed by atoms with Crippen LogP contribution in [0.4, 0.5) is 16.2 Å². The Morgan fingerprint density at radius 1 is 0.783 bits per heavy atom. The number of nitro groups is 1. The van der Waals surface area contributed by atoms with Crippen LogP contribution in [-0.4, -0.2) is 36.5 Å². The fraction of sp³-hybridized carbons (Fsp3) is 0.147. The van der Waals surface area contributed by atoms with Crippen molar-refractivity contribution in [1.82, 2.24) is 5.32 Å². The minimum Gasteiger partial charge on any atom is -0.493 e. The highest BCUT2D eigenvalue weighted by Gasteiger charge is 2.37. The number of hydrogen-bond donors (Lipinski definition) is 1. The van der Waals surface area contributed by atoms with E-state index in [1.54, 1.807) is 18.2 Å². The third kappa shape index (κ3) is 7.13. The Morgan fingerprint density at radius 2 is 1.46 bits per heavy atom. The van der Waals surface area contributed by atoms with E-state index in [0.717, 1.165) is 28.2 Å². The summed E-state index contributed by atoms with van der Waals surface area (Å²) in [5, 5.41) is 13.1. The lowest BCUT2D eigenvalue weighted by Crippen LogP contribution is -2.54. The molecule has 12 heteroatoms. The zero-order valence-electron chi connectivity index (χ0n) is 24.9. The molecular weight excluding hydrogens is 594 g/mol. The largest absolute Gasteiger partial charge is 0.493 e. The first-order valence-electron chi connectivity index (χ1n) is 14.2. The lowest BCUT2D eigenvalue weighted by Gasteiger charge is -2.26. The number of ether oxygens (including phenoxy) is 4. The quantitative estimate of drug-likeness (QED) is 0.0892. The van der Waals surface area contributed by atoms with Gasteiger partial charge in [0, 0.05) is 12.1 Å². The molecule has 1 aliphatic heterocycles. The first-order valence-corrected chi connectivity index (χ1v) is 14.2. The number of carbonyl (C=O) groups excluding carboxylic acids is 3. The summed E-state index contributed by atoms with van der Waals surface area (Å²) >= 11 is 0. The minimum atomic E-state index is -0.967. The van der Waals surface area contributed by atoms with Crippen LogP contribution in [0.2, 0.25) is 0 Å². The number of non-ortho nitro benzene ring substituents is 1. The Bertz CT molecular complexity index is 1800. The molecule has 1 heterocycles. The maximum absolute atomic E-state index is 13.2. The highest BCUT2D eigenvalue weighted by atomic mass is 16.6. The summed E-state index contributed by atoms with van der Waals surface area (Å²) in [4.78, 5) is 49.5. The molecule has 0 radical (unpaired) electrons. The molecule has 12 nitrogen and oxygen atoms in total. The number of urea groups is 1. The molecule has 0 atom stereocenters. The maximum atomic E-state index is 13.2.